The van der Waals surface area contributed by atoms with Crippen LogP contribution in [0.25, 0.3) is 0 Å². The largest absolute Gasteiger partial charge is 0.330 e. The van der Waals surface area contributed by atoms with Crippen molar-refractivity contribution in [2.75, 3.05) is 6.54 Å². The van der Waals surface area contributed by atoms with E-state index >= 15 is 0 Å². The molecule has 2 N–H and O–H groups in total. The molecule has 1 saturated carbocycles. The lowest BCUT2D eigenvalue weighted by Crippen LogP contribution is -2.34. The fourth-order valence-electron chi connectivity index (χ4n) is 2.69. The van der Waals surface area contributed by atoms with Gasteiger partial charge in [0.05, 0.1) is 0 Å². The smallest absolute Gasteiger partial charge is 0.00206 e. The van der Waals surface area contributed by atoms with Crippen LogP contribution in [0.5, 0.6) is 0 Å². The molecule has 1 heteroatoms. The fourth-order valence-corrected chi connectivity index (χ4v) is 2.69. The van der Waals surface area contributed by atoms with Gasteiger partial charge in [0.1, 0.15) is 0 Å². The van der Waals surface area contributed by atoms with Gasteiger partial charge in [-0.15, -0.1) is 0 Å². The third kappa shape index (κ3) is 2.70. The highest BCUT2D eigenvalue weighted by Crippen LogP contribution is 2.41. The molecule has 0 unspecified atom stereocenters. The average Bonchev–Trinajstić information content (AvgIpc) is 2.20. The zero-order valence-corrected chi connectivity index (χ0v) is 9.31. The molecule has 0 aromatic heterocycles. The van der Waals surface area contributed by atoms with Gasteiger partial charge >= 0.3 is 0 Å². The van der Waals surface area contributed by atoms with E-state index in [1.165, 1.54) is 44.9 Å². The van der Waals surface area contributed by atoms with Crippen molar-refractivity contribution in [3.63, 3.8) is 0 Å². The molecular formula is C12H25N. The van der Waals surface area contributed by atoms with Gasteiger partial charge in [0, 0.05) is 0 Å². The number of nitrogens with two attached hydrogens (primary N) is 1. The van der Waals surface area contributed by atoms with Crippen LogP contribution < -0.4 is 5.73 Å². The van der Waals surface area contributed by atoms with Crippen molar-refractivity contribution in [1.29, 1.82) is 0 Å². The monoisotopic (exact) mass is 183 g/mol. The Morgan fingerprint density at radius 1 is 1.23 bits per heavy atom. The average molecular weight is 183 g/mol. The standard InChI is InChI=1S/C12H25N/c1-3-5-11-6-8-12(4-2,10-13)9-7-11/h11H,3-10,13H2,1-2H3. The predicted octanol–water partition coefficient (Wildman–Crippen LogP) is 3.33. The quantitative estimate of drug-likeness (QED) is 0.711. The Labute approximate surface area is 83.1 Å². The van der Waals surface area contributed by atoms with Crippen molar-refractivity contribution in [3.8, 4) is 0 Å². The molecule has 0 heterocycles. The maximum atomic E-state index is 5.87. The second-order valence-corrected chi connectivity index (χ2v) is 4.79. The summed E-state index contributed by atoms with van der Waals surface area (Å²) in [6.07, 6.45) is 9.69. The van der Waals surface area contributed by atoms with Crippen molar-refractivity contribution in [2.45, 2.75) is 58.8 Å². The van der Waals surface area contributed by atoms with E-state index in [-0.39, 0.29) is 0 Å². The van der Waals surface area contributed by atoms with Gasteiger partial charge in [0.15, 0.2) is 0 Å². The highest BCUT2D eigenvalue weighted by atomic mass is 14.6. The fraction of sp³-hybridized carbons (Fsp3) is 1.00. The molecule has 0 atom stereocenters. The first-order valence-corrected chi connectivity index (χ1v) is 5.96. The molecule has 0 bridgehead atoms. The molecule has 0 aliphatic heterocycles. The lowest BCUT2D eigenvalue weighted by atomic mass is 9.68. The summed E-state index contributed by atoms with van der Waals surface area (Å²) in [6, 6.07) is 0. The molecule has 1 fully saturated rings. The Balaban J connectivity index is 2.36. The van der Waals surface area contributed by atoms with E-state index in [1.54, 1.807) is 0 Å². The van der Waals surface area contributed by atoms with E-state index < -0.39 is 0 Å². The summed E-state index contributed by atoms with van der Waals surface area (Å²) in [5.74, 6) is 1.01. The minimum absolute atomic E-state index is 0.518. The highest BCUT2D eigenvalue weighted by Gasteiger charge is 2.31. The van der Waals surface area contributed by atoms with E-state index in [1.807, 2.05) is 0 Å². The van der Waals surface area contributed by atoms with Crippen LogP contribution in [0.15, 0.2) is 0 Å². The zero-order chi connectivity index (χ0) is 9.73. The molecule has 0 radical (unpaired) electrons. The number of rotatable bonds is 4. The van der Waals surface area contributed by atoms with Gasteiger partial charge in [0.25, 0.3) is 0 Å². The molecule has 1 aliphatic rings. The summed E-state index contributed by atoms with van der Waals surface area (Å²) in [6.45, 7) is 5.50. The second-order valence-electron chi connectivity index (χ2n) is 4.79. The first kappa shape index (κ1) is 11.0. The molecule has 0 spiro atoms. The van der Waals surface area contributed by atoms with Crippen molar-refractivity contribution in [2.24, 2.45) is 17.1 Å². The summed E-state index contributed by atoms with van der Waals surface area (Å²) < 4.78 is 0. The molecule has 13 heavy (non-hydrogen) atoms. The summed E-state index contributed by atoms with van der Waals surface area (Å²) in [5.41, 5.74) is 6.39. The lowest BCUT2D eigenvalue weighted by Gasteiger charge is -2.38. The van der Waals surface area contributed by atoms with Crippen molar-refractivity contribution < 1.29 is 0 Å². The van der Waals surface area contributed by atoms with Crippen molar-refractivity contribution in [1.82, 2.24) is 0 Å². The van der Waals surface area contributed by atoms with Crippen LogP contribution in [0.3, 0.4) is 0 Å². The molecule has 0 aromatic rings. The Hall–Kier alpha value is -0.0400. The SMILES string of the molecule is CCCC1CCC(CC)(CN)CC1. The minimum Gasteiger partial charge on any atom is -0.330 e. The van der Waals surface area contributed by atoms with Crippen LogP contribution in [0.4, 0.5) is 0 Å². The minimum atomic E-state index is 0.518. The van der Waals surface area contributed by atoms with E-state index in [0.29, 0.717) is 5.41 Å². The molecular weight excluding hydrogens is 158 g/mol. The van der Waals surface area contributed by atoms with Crippen molar-refractivity contribution >= 4 is 0 Å². The number of hydrogen-bond acceptors (Lipinski definition) is 1. The maximum Gasteiger partial charge on any atom is -0.00206 e. The summed E-state index contributed by atoms with van der Waals surface area (Å²) >= 11 is 0. The molecule has 1 rings (SSSR count). The van der Waals surface area contributed by atoms with Crippen LogP contribution in [-0.2, 0) is 0 Å². The molecule has 0 amide bonds. The Morgan fingerprint density at radius 3 is 2.23 bits per heavy atom. The first-order chi connectivity index (χ1) is 6.26. The molecule has 1 aliphatic carbocycles. The molecule has 1 nitrogen and oxygen atoms in total. The summed E-state index contributed by atoms with van der Waals surface area (Å²) in [7, 11) is 0. The lowest BCUT2D eigenvalue weighted by molar-refractivity contribution is 0.146. The normalized spacial score (nSPS) is 34.8. The zero-order valence-electron chi connectivity index (χ0n) is 9.31. The van der Waals surface area contributed by atoms with E-state index in [4.69, 9.17) is 5.73 Å². The Bertz CT molecular complexity index is 128. The van der Waals surface area contributed by atoms with Crippen LogP contribution >= 0.6 is 0 Å². The Morgan fingerprint density at radius 2 is 1.85 bits per heavy atom. The highest BCUT2D eigenvalue weighted by molar-refractivity contribution is 4.85. The van der Waals surface area contributed by atoms with Crippen LogP contribution in [0.2, 0.25) is 0 Å². The van der Waals surface area contributed by atoms with E-state index in [9.17, 15) is 0 Å². The molecule has 0 aromatic carbocycles. The maximum absolute atomic E-state index is 5.87. The van der Waals surface area contributed by atoms with Crippen LogP contribution in [0, 0.1) is 11.3 Å². The molecule has 0 saturated heterocycles. The topological polar surface area (TPSA) is 26.0 Å². The van der Waals surface area contributed by atoms with Gasteiger partial charge < -0.3 is 5.73 Å². The predicted molar refractivity (Wildman–Crippen MR) is 58.6 cm³/mol. The summed E-state index contributed by atoms with van der Waals surface area (Å²) in [5, 5.41) is 0. The second kappa shape index (κ2) is 4.99. The van der Waals surface area contributed by atoms with E-state index in [0.717, 1.165) is 12.5 Å². The van der Waals surface area contributed by atoms with E-state index in [2.05, 4.69) is 13.8 Å². The van der Waals surface area contributed by atoms with Gasteiger partial charge in [-0.25, -0.2) is 0 Å². The van der Waals surface area contributed by atoms with Gasteiger partial charge in [-0.3, -0.25) is 0 Å². The third-order valence-corrected chi connectivity index (χ3v) is 4.05. The van der Waals surface area contributed by atoms with Gasteiger partial charge in [-0.2, -0.15) is 0 Å². The summed E-state index contributed by atoms with van der Waals surface area (Å²) in [4.78, 5) is 0. The van der Waals surface area contributed by atoms with Crippen LogP contribution in [0.1, 0.15) is 58.8 Å². The molecule has 78 valence electrons. The third-order valence-electron chi connectivity index (χ3n) is 4.05. The van der Waals surface area contributed by atoms with Gasteiger partial charge in [-0.1, -0.05) is 26.7 Å². The van der Waals surface area contributed by atoms with Gasteiger partial charge in [0.2, 0.25) is 0 Å². The van der Waals surface area contributed by atoms with Gasteiger partial charge in [-0.05, 0) is 50.0 Å². The van der Waals surface area contributed by atoms with Crippen LogP contribution in [-0.4, -0.2) is 6.54 Å². The Kier molecular flexibility index (Phi) is 4.24. The van der Waals surface area contributed by atoms with Crippen molar-refractivity contribution in [3.05, 3.63) is 0 Å². The number of hydrogen-bond donors (Lipinski definition) is 1. The first-order valence-electron chi connectivity index (χ1n) is 5.96.